The fraction of sp³-hybridized carbons (Fsp3) is 0.417. The molecule has 3 aromatic heterocycles. The Morgan fingerprint density at radius 2 is 2.09 bits per heavy atom. The van der Waals surface area contributed by atoms with Crippen molar-refractivity contribution >= 4 is 33.3 Å². The molecule has 0 radical (unpaired) electrons. The van der Waals surface area contributed by atoms with Crippen molar-refractivity contribution in [1.29, 1.82) is 0 Å². The largest absolute Gasteiger partial charge is 0.361 e. The second kappa shape index (κ2) is 9.94. The molecule has 1 saturated heterocycles. The lowest BCUT2D eigenvalue weighted by atomic mass is 10.0. The molecule has 0 aliphatic carbocycles. The van der Waals surface area contributed by atoms with Crippen molar-refractivity contribution in [2.24, 2.45) is 0 Å². The first-order valence-corrected chi connectivity index (χ1v) is 12.5. The molecule has 10 heteroatoms. The molecule has 9 nitrogen and oxygen atoms in total. The standard InChI is InChI=1S/C24H29N7O2S/c1-3-6-21-28-22(29-33-21)19(13-16-14-25-18-8-5-4-7-17(16)18)27-23(32)20-15-26-24(34-20)31-11-9-30(2)10-12-31/h4-5,7-8,14-15,19,25H,3,6,9-13H2,1-2H3,(H,27,32). The topological polar surface area (TPSA) is 103 Å². The molecule has 1 aliphatic heterocycles. The summed E-state index contributed by atoms with van der Waals surface area (Å²) in [7, 11) is 2.12. The first kappa shape index (κ1) is 22.5. The third-order valence-corrected chi connectivity index (χ3v) is 7.21. The number of nitrogens with one attached hydrogen (secondary N) is 2. The van der Waals surface area contributed by atoms with Gasteiger partial charge in [-0.1, -0.05) is 41.6 Å². The molecule has 0 saturated carbocycles. The Hall–Kier alpha value is -3.24. The quantitative estimate of drug-likeness (QED) is 0.399. The van der Waals surface area contributed by atoms with Crippen LogP contribution in [0.4, 0.5) is 5.13 Å². The summed E-state index contributed by atoms with van der Waals surface area (Å²) in [5.74, 6) is 0.904. The number of hydrogen-bond acceptors (Lipinski definition) is 8. The van der Waals surface area contributed by atoms with E-state index >= 15 is 0 Å². The number of nitrogens with zero attached hydrogens (tertiary/aromatic N) is 5. The summed E-state index contributed by atoms with van der Waals surface area (Å²) in [6.07, 6.45) is 5.82. The van der Waals surface area contributed by atoms with Gasteiger partial charge in [0.05, 0.1) is 12.2 Å². The SMILES string of the molecule is CCCc1nc(C(Cc2c[nH]c3ccccc23)NC(=O)c2cnc(N3CCN(C)CC3)s2)no1. The second-order valence-electron chi connectivity index (χ2n) is 8.68. The van der Waals surface area contributed by atoms with E-state index in [9.17, 15) is 4.79 Å². The maximum Gasteiger partial charge on any atom is 0.263 e. The van der Waals surface area contributed by atoms with E-state index in [1.54, 1.807) is 6.20 Å². The second-order valence-corrected chi connectivity index (χ2v) is 9.69. The summed E-state index contributed by atoms with van der Waals surface area (Å²) in [6.45, 7) is 5.88. The van der Waals surface area contributed by atoms with Crippen LogP contribution < -0.4 is 10.2 Å². The number of carbonyl (C=O) groups excluding carboxylic acids is 1. The number of rotatable bonds is 8. The normalized spacial score (nSPS) is 15.6. The summed E-state index contributed by atoms with van der Waals surface area (Å²) in [5.41, 5.74) is 2.15. The maximum atomic E-state index is 13.2. The molecule has 1 fully saturated rings. The number of likely N-dealkylation sites (N-methyl/N-ethyl adjacent to an activating group) is 1. The molecule has 178 valence electrons. The molecule has 34 heavy (non-hydrogen) atoms. The molecule has 5 rings (SSSR count). The van der Waals surface area contributed by atoms with Crippen molar-refractivity contribution in [2.45, 2.75) is 32.2 Å². The molecule has 4 aromatic rings. The van der Waals surface area contributed by atoms with Crippen LogP contribution in [0.3, 0.4) is 0 Å². The lowest BCUT2D eigenvalue weighted by Crippen LogP contribution is -2.44. The Morgan fingerprint density at radius 3 is 2.91 bits per heavy atom. The minimum absolute atomic E-state index is 0.176. The zero-order chi connectivity index (χ0) is 23.5. The zero-order valence-corrected chi connectivity index (χ0v) is 20.3. The van der Waals surface area contributed by atoms with Gasteiger partial charge in [0.2, 0.25) is 5.89 Å². The summed E-state index contributed by atoms with van der Waals surface area (Å²) >= 11 is 1.42. The number of carbonyl (C=O) groups is 1. The molecule has 2 N–H and O–H groups in total. The van der Waals surface area contributed by atoms with Gasteiger partial charge in [-0.25, -0.2) is 4.98 Å². The van der Waals surface area contributed by atoms with E-state index in [4.69, 9.17) is 4.52 Å². The number of H-pyrrole nitrogens is 1. The van der Waals surface area contributed by atoms with Crippen LogP contribution in [0.5, 0.6) is 0 Å². The van der Waals surface area contributed by atoms with Gasteiger partial charge >= 0.3 is 0 Å². The lowest BCUT2D eigenvalue weighted by molar-refractivity contribution is 0.0938. The molecule has 0 bridgehead atoms. The van der Waals surface area contributed by atoms with Gasteiger partial charge in [-0.05, 0) is 25.1 Å². The Kier molecular flexibility index (Phi) is 6.59. The third kappa shape index (κ3) is 4.83. The third-order valence-electron chi connectivity index (χ3n) is 6.15. The van der Waals surface area contributed by atoms with Gasteiger partial charge in [0, 0.05) is 56.1 Å². The van der Waals surface area contributed by atoms with Crippen molar-refractivity contribution in [3.63, 3.8) is 0 Å². The fourth-order valence-corrected chi connectivity index (χ4v) is 5.07. The molecular formula is C24H29N7O2S. The predicted molar refractivity (Wildman–Crippen MR) is 132 cm³/mol. The van der Waals surface area contributed by atoms with E-state index in [0.29, 0.717) is 29.4 Å². The molecular weight excluding hydrogens is 450 g/mol. The molecule has 1 unspecified atom stereocenters. The van der Waals surface area contributed by atoms with Crippen molar-refractivity contribution in [2.75, 3.05) is 38.1 Å². The minimum Gasteiger partial charge on any atom is -0.361 e. The first-order valence-electron chi connectivity index (χ1n) is 11.7. The van der Waals surface area contributed by atoms with E-state index in [-0.39, 0.29) is 5.91 Å². The molecule has 1 aromatic carbocycles. The molecule has 1 aliphatic rings. The van der Waals surface area contributed by atoms with Crippen LogP contribution in [0.2, 0.25) is 0 Å². The average Bonchev–Trinajstić information content (AvgIpc) is 3.60. The van der Waals surface area contributed by atoms with Crippen LogP contribution in [0, 0.1) is 0 Å². The number of aromatic nitrogens is 4. The zero-order valence-electron chi connectivity index (χ0n) is 19.5. The van der Waals surface area contributed by atoms with E-state index in [2.05, 4.69) is 55.3 Å². The van der Waals surface area contributed by atoms with Gasteiger partial charge in [-0.3, -0.25) is 4.79 Å². The van der Waals surface area contributed by atoms with Crippen LogP contribution in [0.15, 0.2) is 41.2 Å². The Bertz CT molecular complexity index is 1250. The summed E-state index contributed by atoms with van der Waals surface area (Å²) in [5, 5.41) is 9.33. The van der Waals surface area contributed by atoms with Crippen LogP contribution >= 0.6 is 11.3 Å². The van der Waals surface area contributed by atoms with Crippen LogP contribution in [-0.2, 0) is 12.8 Å². The predicted octanol–water partition coefficient (Wildman–Crippen LogP) is 3.43. The summed E-state index contributed by atoms with van der Waals surface area (Å²) < 4.78 is 5.43. The monoisotopic (exact) mass is 479 g/mol. The summed E-state index contributed by atoms with van der Waals surface area (Å²) in [6, 6.07) is 7.70. The number of amides is 1. The number of hydrogen-bond donors (Lipinski definition) is 2. The van der Waals surface area contributed by atoms with Gasteiger partial charge < -0.3 is 24.6 Å². The number of benzene rings is 1. The highest BCUT2D eigenvalue weighted by atomic mass is 32.1. The average molecular weight is 480 g/mol. The summed E-state index contributed by atoms with van der Waals surface area (Å²) in [4.78, 5) is 30.7. The number of aryl methyl sites for hydroxylation is 1. The van der Waals surface area contributed by atoms with Crippen molar-refractivity contribution in [3.8, 4) is 0 Å². The number of fused-ring (bicyclic) bond motifs is 1. The highest BCUT2D eigenvalue weighted by molar-refractivity contribution is 7.17. The number of para-hydroxylation sites is 1. The first-order chi connectivity index (χ1) is 16.6. The maximum absolute atomic E-state index is 13.2. The minimum atomic E-state index is -0.421. The highest BCUT2D eigenvalue weighted by Gasteiger charge is 2.25. The van der Waals surface area contributed by atoms with Crippen molar-refractivity contribution < 1.29 is 9.32 Å². The number of piperazine rings is 1. The number of anilines is 1. The Balaban J connectivity index is 1.36. The van der Waals surface area contributed by atoms with Gasteiger partial charge in [0.1, 0.15) is 4.88 Å². The van der Waals surface area contributed by atoms with Crippen molar-refractivity contribution in [3.05, 3.63) is 58.8 Å². The van der Waals surface area contributed by atoms with E-state index in [0.717, 1.165) is 54.2 Å². The van der Waals surface area contributed by atoms with Gasteiger partial charge in [0.15, 0.2) is 11.0 Å². The number of thiazole rings is 1. The smallest absolute Gasteiger partial charge is 0.263 e. The van der Waals surface area contributed by atoms with E-state index < -0.39 is 6.04 Å². The Morgan fingerprint density at radius 1 is 1.26 bits per heavy atom. The van der Waals surface area contributed by atoms with Crippen LogP contribution in [0.1, 0.15) is 46.3 Å². The molecule has 4 heterocycles. The Labute approximate surface area is 202 Å². The highest BCUT2D eigenvalue weighted by Crippen LogP contribution is 2.26. The van der Waals surface area contributed by atoms with Gasteiger partial charge in [-0.15, -0.1) is 0 Å². The van der Waals surface area contributed by atoms with Crippen molar-refractivity contribution in [1.82, 2.24) is 30.3 Å². The fourth-order valence-electron chi connectivity index (χ4n) is 4.20. The van der Waals surface area contributed by atoms with Crippen LogP contribution in [0.25, 0.3) is 10.9 Å². The van der Waals surface area contributed by atoms with E-state index in [1.807, 2.05) is 24.4 Å². The van der Waals surface area contributed by atoms with Gasteiger partial charge in [-0.2, -0.15) is 4.98 Å². The van der Waals surface area contributed by atoms with E-state index in [1.165, 1.54) is 11.3 Å². The molecule has 0 spiro atoms. The molecule has 1 amide bonds. The van der Waals surface area contributed by atoms with Crippen LogP contribution in [-0.4, -0.2) is 64.1 Å². The van der Waals surface area contributed by atoms with Gasteiger partial charge in [0.25, 0.3) is 5.91 Å². The lowest BCUT2D eigenvalue weighted by Gasteiger charge is -2.32. The molecule has 1 atom stereocenters. The number of aromatic amines is 1.